The van der Waals surface area contributed by atoms with Crippen molar-refractivity contribution < 1.29 is 28.8 Å². The first-order valence-corrected chi connectivity index (χ1v) is 13.2. The van der Waals surface area contributed by atoms with E-state index >= 15 is 0 Å². The van der Waals surface area contributed by atoms with Crippen LogP contribution in [0.5, 0.6) is 0 Å². The third-order valence-electron chi connectivity index (χ3n) is 7.47. The van der Waals surface area contributed by atoms with Crippen molar-refractivity contribution in [2.45, 2.75) is 38.1 Å². The highest BCUT2D eigenvalue weighted by molar-refractivity contribution is 6.51. The lowest BCUT2D eigenvalue weighted by atomic mass is 9.80. The summed E-state index contributed by atoms with van der Waals surface area (Å²) in [5.74, 6) is -1.82. The molecule has 0 radical (unpaired) electrons. The fraction of sp³-hybridized carbons (Fsp3) is 0.333. The van der Waals surface area contributed by atoms with Crippen LogP contribution in [0.25, 0.3) is 17.0 Å². The Kier molecular flexibility index (Phi) is 7.88. The number of aliphatic hydroxyl groups is 1. The van der Waals surface area contributed by atoms with E-state index in [2.05, 4.69) is 10.5 Å². The Labute approximate surface area is 226 Å². The molecule has 2 aromatic carbocycles. The molecule has 9 heteroatoms. The van der Waals surface area contributed by atoms with Crippen LogP contribution < -0.4 is 10.2 Å². The molecule has 1 atom stereocenters. The van der Waals surface area contributed by atoms with E-state index in [0.29, 0.717) is 35.7 Å². The Balaban J connectivity index is 1.49. The molecule has 2 fully saturated rings. The molecule has 1 saturated carbocycles. The molecule has 1 unspecified atom stereocenters. The van der Waals surface area contributed by atoms with Gasteiger partial charge in [-0.05, 0) is 43.0 Å². The second kappa shape index (κ2) is 11.7. The number of aromatic nitrogens is 1. The molecule has 2 amide bonds. The number of hydrogen-bond acceptors (Lipinski definition) is 7. The lowest BCUT2D eigenvalue weighted by molar-refractivity contribution is -0.132. The zero-order valence-corrected chi connectivity index (χ0v) is 21.8. The molecule has 202 valence electrons. The predicted molar refractivity (Wildman–Crippen MR) is 145 cm³/mol. The van der Waals surface area contributed by atoms with Crippen molar-refractivity contribution in [1.29, 1.82) is 0 Å². The molecule has 9 nitrogen and oxygen atoms in total. The number of carbonyl (C=O) groups excluding carboxylic acids is 3. The molecule has 5 rings (SSSR count). The van der Waals surface area contributed by atoms with Crippen LogP contribution in [-0.2, 0) is 14.3 Å². The Bertz CT molecular complexity index is 1360. The lowest BCUT2D eigenvalue weighted by Crippen LogP contribution is -2.40. The van der Waals surface area contributed by atoms with Gasteiger partial charge in [-0.1, -0.05) is 48.7 Å². The van der Waals surface area contributed by atoms with Gasteiger partial charge in [-0.25, -0.2) is 0 Å². The average molecular weight is 530 g/mol. The standard InChI is InChI=1S/C30H31N3O6/c1-38-18-16-31-29(36)22-9-7-21(8-10-22)27(34)25-26(20-5-3-2-4-6-20)33(30(37)28(25)35)23-13-11-19(12-14-23)24-15-17-39-32-24/h7-15,17,20,26,34H,2-6,16,18H2,1H3,(H,31,36)/b27-25-. The molecule has 1 saturated heterocycles. The third kappa shape index (κ3) is 5.35. The van der Waals surface area contributed by atoms with Crippen LogP contribution >= 0.6 is 0 Å². The number of nitrogens with zero attached hydrogens (tertiary/aromatic N) is 2. The molecule has 2 heterocycles. The van der Waals surface area contributed by atoms with Gasteiger partial charge in [-0.3, -0.25) is 19.3 Å². The largest absolute Gasteiger partial charge is 0.507 e. The first-order valence-electron chi connectivity index (χ1n) is 13.2. The number of methoxy groups -OCH3 is 1. The maximum Gasteiger partial charge on any atom is 0.299 e. The SMILES string of the molecule is COCCNC(=O)c1ccc(/C(O)=C2/C(=O)C(=O)N(c3ccc(-c4ccon4)cc3)C2C2CCCCC2)cc1. The highest BCUT2D eigenvalue weighted by atomic mass is 16.5. The van der Waals surface area contributed by atoms with Crippen LogP contribution in [0.2, 0.25) is 0 Å². The van der Waals surface area contributed by atoms with Crippen LogP contribution in [0.15, 0.2) is 71.0 Å². The number of amides is 2. The van der Waals surface area contributed by atoms with Gasteiger partial charge in [0.05, 0.1) is 18.2 Å². The normalized spacial score (nSPS) is 19.4. The van der Waals surface area contributed by atoms with Gasteiger partial charge in [0, 0.05) is 42.1 Å². The van der Waals surface area contributed by atoms with Gasteiger partial charge in [0.2, 0.25) is 0 Å². The Morgan fingerprint density at radius 1 is 1.03 bits per heavy atom. The highest BCUT2D eigenvalue weighted by Gasteiger charge is 2.49. The van der Waals surface area contributed by atoms with E-state index in [0.717, 1.165) is 37.7 Å². The molecular formula is C30H31N3O6. The number of ether oxygens (including phenoxy) is 1. The molecule has 0 spiro atoms. The molecule has 1 aliphatic carbocycles. The van der Waals surface area contributed by atoms with Crippen molar-refractivity contribution in [2.24, 2.45) is 5.92 Å². The third-order valence-corrected chi connectivity index (χ3v) is 7.47. The first kappa shape index (κ1) is 26.4. The summed E-state index contributed by atoms with van der Waals surface area (Å²) in [7, 11) is 1.56. The minimum absolute atomic E-state index is 0.0346. The fourth-order valence-electron chi connectivity index (χ4n) is 5.49. The quantitative estimate of drug-likeness (QED) is 0.190. The van der Waals surface area contributed by atoms with E-state index in [1.165, 1.54) is 11.2 Å². The molecule has 39 heavy (non-hydrogen) atoms. The van der Waals surface area contributed by atoms with E-state index in [1.54, 1.807) is 49.6 Å². The summed E-state index contributed by atoms with van der Waals surface area (Å²) in [5.41, 5.74) is 2.99. The fourth-order valence-corrected chi connectivity index (χ4v) is 5.49. The summed E-state index contributed by atoms with van der Waals surface area (Å²) in [6.07, 6.45) is 6.32. The summed E-state index contributed by atoms with van der Waals surface area (Å²) in [6, 6.07) is 14.8. The van der Waals surface area contributed by atoms with E-state index in [9.17, 15) is 19.5 Å². The van der Waals surface area contributed by atoms with Crippen molar-refractivity contribution >= 4 is 29.0 Å². The van der Waals surface area contributed by atoms with Crippen molar-refractivity contribution in [3.05, 3.63) is 77.6 Å². The van der Waals surface area contributed by atoms with Crippen molar-refractivity contribution in [3.63, 3.8) is 0 Å². The monoisotopic (exact) mass is 529 g/mol. The average Bonchev–Trinajstić information content (AvgIpc) is 3.60. The Morgan fingerprint density at radius 2 is 1.72 bits per heavy atom. The predicted octanol–water partition coefficient (Wildman–Crippen LogP) is 4.55. The van der Waals surface area contributed by atoms with E-state index in [-0.39, 0.29) is 23.2 Å². The maximum atomic E-state index is 13.4. The Hall–Kier alpha value is -4.24. The van der Waals surface area contributed by atoms with Crippen molar-refractivity contribution in [2.75, 3.05) is 25.2 Å². The van der Waals surface area contributed by atoms with Crippen LogP contribution in [0.1, 0.15) is 48.0 Å². The number of anilines is 1. The number of carbonyl (C=O) groups is 3. The maximum absolute atomic E-state index is 13.4. The van der Waals surface area contributed by atoms with Gasteiger partial charge < -0.3 is 19.7 Å². The second-order valence-electron chi connectivity index (χ2n) is 9.87. The van der Waals surface area contributed by atoms with Crippen LogP contribution in [0, 0.1) is 5.92 Å². The molecule has 1 aromatic heterocycles. The van der Waals surface area contributed by atoms with E-state index in [4.69, 9.17) is 9.26 Å². The minimum atomic E-state index is -0.704. The number of Topliss-reactive ketones (excluding diaryl/α,β-unsaturated/α-hetero) is 1. The van der Waals surface area contributed by atoms with Gasteiger partial charge in [-0.15, -0.1) is 0 Å². The van der Waals surface area contributed by atoms with Gasteiger partial charge in [0.1, 0.15) is 17.7 Å². The van der Waals surface area contributed by atoms with Gasteiger partial charge >= 0.3 is 0 Å². The Morgan fingerprint density at radius 3 is 2.36 bits per heavy atom. The summed E-state index contributed by atoms with van der Waals surface area (Å²) < 4.78 is 9.88. The van der Waals surface area contributed by atoms with Crippen molar-refractivity contribution in [1.82, 2.24) is 10.5 Å². The van der Waals surface area contributed by atoms with Crippen LogP contribution in [0.3, 0.4) is 0 Å². The summed E-state index contributed by atoms with van der Waals surface area (Å²) in [6.45, 7) is 0.774. The molecule has 3 aromatic rings. The number of nitrogens with one attached hydrogen (secondary N) is 1. The van der Waals surface area contributed by atoms with Crippen LogP contribution in [0.4, 0.5) is 5.69 Å². The smallest absolute Gasteiger partial charge is 0.299 e. The lowest BCUT2D eigenvalue weighted by Gasteiger charge is -2.34. The topological polar surface area (TPSA) is 122 Å². The minimum Gasteiger partial charge on any atom is -0.507 e. The van der Waals surface area contributed by atoms with Crippen LogP contribution in [-0.4, -0.2) is 54.2 Å². The molecule has 2 aliphatic rings. The number of aliphatic hydroxyl groups excluding tert-OH is 1. The molecule has 2 N–H and O–H groups in total. The second-order valence-corrected chi connectivity index (χ2v) is 9.87. The number of ketones is 1. The molecule has 1 aliphatic heterocycles. The number of hydrogen-bond donors (Lipinski definition) is 2. The zero-order valence-electron chi connectivity index (χ0n) is 21.8. The zero-order chi connectivity index (χ0) is 27.4. The number of rotatable bonds is 8. The van der Waals surface area contributed by atoms with Crippen molar-refractivity contribution in [3.8, 4) is 11.3 Å². The van der Waals surface area contributed by atoms with E-state index < -0.39 is 17.7 Å². The van der Waals surface area contributed by atoms with E-state index in [1.807, 2.05) is 12.1 Å². The van der Waals surface area contributed by atoms with Gasteiger partial charge in [-0.2, -0.15) is 0 Å². The first-order chi connectivity index (χ1) is 19.0. The summed E-state index contributed by atoms with van der Waals surface area (Å²) >= 11 is 0. The highest BCUT2D eigenvalue weighted by Crippen LogP contribution is 2.41. The summed E-state index contributed by atoms with van der Waals surface area (Å²) in [4.78, 5) is 40.7. The van der Waals surface area contributed by atoms with Gasteiger partial charge in [0.15, 0.2) is 0 Å². The molecular weight excluding hydrogens is 498 g/mol. The number of benzene rings is 2. The van der Waals surface area contributed by atoms with Gasteiger partial charge in [0.25, 0.3) is 17.6 Å². The molecule has 0 bridgehead atoms. The summed E-state index contributed by atoms with van der Waals surface area (Å²) in [5, 5.41) is 18.1.